The van der Waals surface area contributed by atoms with Crippen LogP contribution in [0.15, 0.2) is 78.9 Å². The summed E-state index contributed by atoms with van der Waals surface area (Å²) in [5, 5.41) is 13.8. The molecule has 0 unspecified atom stereocenters. The van der Waals surface area contributed by atoms with E-state index in [1.807, 2.05) is 37.3 Å². The second-order valence-electron chi connectivity index (χ2n) is 8.56. The van der Waals surface area contributed by atoms with Gasteiger partial charge in [0.2, 0.25) is 11.8 Å². The van der Waals surface area contributed by atoms with Gasteiger partial charge >= 0.3 is 0 Å². The molecular formula is C28H30FN3O4S. The van der Waals surface area contributed by atoms with Gasteiger partial charge in [0.25, 0.3) is 5.69 Å². The zero-order valence-corrected chi connectivity index (χ0v) is 21.5. The maximum atomic E-state index is 13.5. The summed E-state index contributed by atoms with van der Waals surface area (Å²) in [5.74, 6) is -0.225. The van der Waals surface area contributed by atoms with E-state index in [1.54, 1.807) is 29.2 Å². The highest BCUT2D eigenvalue weighted by Gasteiger charge is 2.30. The van der Waals surface area contributed by atoms with Gasteiger partial charge < -0.3 is 10.2 Å². The van der Waals surface area contributed by atoms with Crippen LogP contribution in [0.4, 0.5) is 10.1 Å². The molecule has 7 nitrogen and oxygen atoms in total. The average Bonchev–Trinajstić information content (AvgIpc) is 2.91. The van der Waals surface area contributed by atoms with Crippen molar-refractivity contribution >= 4 is 29.3 Å². The lowest BCUT2D eigenvalue weighted by molar-refractivity contribution is -0.384. The van der Waals surface area contributed by atoms with Crippen LogP contribution in [0.1, 0.15) is 30.0 Å². The molecule has 0 fully saturated rings. The lowest BCUT2D eigenvalue weighted by Crippen LogP contribution is -2.51. The van der Waals surface area contributed by atoms with Crippen LogP contribution in [0.2, 0.25) is 0 Å². The number of thioether (sulfide) groups is 1. The highest BCUT2D eigenvalue weighted by molar-refractivity contribution is 7.99. The summed E-state index contributed by atoms with van der Waals surface area (Å²) in [6.45, 7) is 2.62. The highest BCUT2D eigenvalue weighted by atomic mass is 32.2. The Balaban J connectivity index is 1.80. The number of nitrogens with zero attached hydrogens (tertiary/aromatic N) is 2. The molecule has 194 valence electrons. The number of nitro benzene ring substituents is 1. The zero-order chi connectivity index (χ0) is 26.6. The number of carbonyl (C=O) groups excluding carboxylic acids is 2. The largest absolute Gasteiger partial charge is 0.354 e. The fraction of sp³-hybridized carbons (Fsp3) is 0.286. The van der Waals surface area contributed by atoms with Gasteiger partial charge in [0, 0.05) is 37.4 Å². The van der Waals surface area contributed by atoms with Gasteiger partial charge in [0.1, 0.15) is 11.9 Å². The fourth-order valence-corrected chi connectivity index (χ4v) is 4.63. The fourth-order valence-electron chi connectivity index (χ4n) is 3.76. The first-order valence-corrected chi connectivity index (χ1v) is 13.2. The molecule has 0 aliphatic rings. The van der Waals surface area contributed by atoms with Crippen LogP contribution in [0.5, 0.6) is 0 Å². The Morgan fingerprint density at radius 1 is 0.973 bits per heavy atom. The van der Waals surface area contributed by atoms with E-state index in [1.165, 1.54) is 36.0 Å². The van der Waals surface area contributed by atoms with Crippen molar-refractivity contribution in [2.45, 2.75) is 38.1 Å². The van der Waals surface area contributed by atoms with Gasteiger partial charge in [-0.15, -0.1) is 11.8 Å². The first kappa shape index (κ1) is 27.9. The van der Waals surface area contributed by atoms with Crippen molar-refractivity contribution in [1.82, 2.24) is 10.2 Å². The SMILES string of the molecule is CCCNC(=O)[C@H](Cc1ccccc1)N(Cc1ccc(F)cc1)C(=O)CSCc1ccc([N+](=O)[O-])cc1. The van der Waals surface area contributed by atoms with E-state index in [2.05, 4.69) is 5.32 Å². The molecule has 0 aliphatic carbocycles. The Labute approximate surface area is 220 Å². The van der Waals surface area contributed by atoms with Gasteiger partial charge in [-0.1, -0.05) is 61.5 Å². The first-order chi connectivity index (χ1) is 17.9. The molecule has 9 heteroatoms. The monoisotopic (exact) mass is 523 g/mol. The van der Waals surface area contributed by atoms with E-state index in [4.69, 9.17) is 0 Å². The Bertz CT molecular complexity index is 1170. The van der Waals surface area contributed by atoms with E-state index >= 15 is 0 Å². The van der Waals surface area contributed by atoms with Crippen molar-refractivity contribution in [1.29, 1.82) is 0 Å². The minimum Gasteiger partial charge on any atom is -0.354 e. The molecule has 0 radical (unpaired) electrons. The van der Waals surface area contributed by atoms with Gasteiger partial charge in [-0.25, -0.2) is 4.39 Å². The van der Waals surface area contributed by atoms with E-state index in [0.717, 1.165) is 23.1 Å². The Morgan fingerprint density at radius 3 is 2.24 bits per heavy atom. The topological polar surface area (TPSA) is 92.6 Å². The molecule has 2 amide bonds. The smallest absolute Gasteiger partial charge is 0.269 e. The molecule has 1 N–H and O–H groups in total. The van der Waals surface area contributed by atoms with Crippen LogP contribution in [0, 0.1) is 15.9 Å². The van der Waals surface area contributed by atoms with E-state index in [0.29, 0.717) is 18.7 Å². The maximum Gasteiger partial charge on any atom is 0.269 e. The van der Waals surface area contributed by atoms with Gasteiger partial charge in [-0.05, 0) is 35.2 Å². The number of nitro groups is 1. The van der Waals surface area contributed by atoms with E-state index < -0.39 is 11.0 Å². The van der Waals surface area contributed by atoms with Gasteiger partial charge in [-0.2, -0.15) is 0 Å². The maximum absolute atomic E-state index is 13.5. The second kappa shape index (κ2) is 14.1. The highest BCUT2D eigenvalue weighted by Crippen LogP contribution is 2.20. The first-order valence-electron chi connectivity index (χ1n) is 12.0. The van der Waals surface area contributed by atoms with Crippen molar-refractivity contribution in [3.63, 3.8) is 0 Å². The van der Waals surface area contributed by atoms with Crippen molar-refractivity contribution in [2.24, 2.45) is 0 Å². The number of nitrogens with one attached hydrogen (secondary N) is 1. The molecule has 3 rings (SSSR count). The van der Waals surface area contributed by atoms with Gasteiger partial charge in [0.05, 0.1) is 10.7 Å². The van der Waals surface area contributed by atoms with Crippen molar-refractivity contribution in [2.75, 3.05) is 12.3 Å². The molecular weight excluding hydrogens is 493 g/mol. The Kier molecular flexibility index (Phi) is 10.6. The lowest BCUT2D eigenvalue weighted by atomic mass is 10.0. The number of hydrogen-bond acceptors (Lipinski definition) is 5. The Morgan fingerprint density at radius 2 is 1.62 bits per heavy atom. The quantitative estimate of drug-likeness (QED) is 0.248. The molecule has 0 bridgehead atoms. The van der Waals surface area contributed by atoms with E-state index in [-0.39, 0.29) is 35.6 Å². The summed E-state index contributed by atoms with van der Waals surface area (Å²) in [4.78, 5) is 38.8. The summed E-state index contributed by atoms with van der Waals surface area (Å²) in [5.41, 5.74) is 2.51. The summed E-state index contributed by atoms with van der Waals surface area (Å²) in [6.07, 6.45) is 1.11. The zero-order valence-electron chi connectivity index (χ0n) is 20.6. The number of hydrogen-bond donors (Lipinski definition) is 1. The predicted octanol–water partition coefficient (Wildman–Crippen LogP) is 5.13. The van der Waals surface area contributed by atoms with E-state index in [9.17, 15) is 24.1 Å². The third-order valence-electron chi connectivity index (χ3n) is 5.73. The van der Waals surface area contributed by atoms with Crippen molar-refractivity contribution in [3.05, 3.63) is 111 Å². The van der Waals surface area contributed by atoms with Gasteiger partial charge in [0.15, 0.2) is 0 Å². The molecule has 0 aromatic heterocycles. The number of halogens is 1. The van der Waals surface area contributed by atoms with Crippen LogP contribution in [0.25, 0.3) is 0 Å². The molecule has 0 saturated heterocycles. The summed E-state index contributed by atoms with van der Waals surface area (Å²) in [6, 6.07) is 20.9. The third-order valence-corrected chi connectivity index (χ3v) is 6.72. The molecule has 0 saturated carbocycles. The summed E-state index contributed by atoms with van der Waals surface area (Å²) in [7, 11) is 0. The average molecular weight is 524 g/mol. The molecule has 37 heavy (non-hydrogen) atoms. The van der Waals surface area contributed by atoms with Gasteiger partial charge in [-0.3, -0.25) is 19.7 Å². The summed E-state index contributed by atoms with van der Waals surface area (Å²) >= 11 is 1.37. The minimum absolute atomic E-state index is 0.0112. The third kappa shape index (κ3) is 8.71. The molecule has 3 aromatic rings. The minimum atomic E-state index is -0.744. The number of non-ortho nitro benzene ring substituents is 1. The number of carbonyl (C=O) groups is 2. The van der Waals surface area contributed by atoms with Crippen LogP contribution >= 0.6 is 11.8 Å². The van der Waals surface area contributed by atoms with Crippen molar-refractivity contribution in [3.8, 4) is 0 Å². The lowest BCUT2D eigenvalue weighted by Gasteiger charge is -2.31. The standard InChI is InChI=1S/C28H30FN3O4S/c1-2-16-30-28(34)26(17-21-6-4-3-5-7-21)31(18-22-8-12-24(29)13-9-22)27(33)20-37-19-23-10-14-25(15-11-23)32(35)36/h3-15,26H,2,16-20H2,1H3,(H,30,34)/t26-/m0/s1. The van der Waals surface area contributed by atoms with Crippen LogP contribution in [0.3, 0.4) is 0 Å². The number of benzene rings is 3. The normalized spacial score (nSPS) is 11.5. The van der Waals surface area contributed by atoms with Crippen LogP contribution < -0.4 is 5.32 Å². The Hall–Kier alpha value is -3.72. The number of amides is 2. The molecule has 1 atom stereocenters. The molecule has 0 spiro atoms. The summed E-state index contributed by atoms with van der Waals surface area (Å²) < 4.78 is 13.5. The predicted molar refractivity (Wildman–Crippen MR) is 143 cm³/mol. The second-order valence-corrected chi connectivity index (χ2v) is 9.55. The van der Waals surface area contributed by atoms with Crippen LogP contribution in [-0.2, 0) is 28.3 Å². The molecule has 0 heterocycles. The molecule has 3 aromatic carbocycles. The van der Waals surface area contributed by atoms with Crippen LogP contribution in [-0.4, -0.2) is 40.0 Å². The number of rotatable bonds is 13. The molecule has 0 aliphatic heterocycles. The van der Waals surface area contributed by atoms with Crippen molar-refractivity contribution < 1.29 is 18.9 Å².